The lowest BCUT2D eigenvalue weighted by Gasteiger charge is -2.05. The molecule has 0 saturated heterocycles. The Balaban J connectivity index is 2.61. The molecule has 0 amide bonds. The van der Waals surface area contributed by atoms with E-state index in [-0.39, 0.29) is 0 Å². The Morgan fingerprint density at radius 3 is 2.53 bits per heavy atom. The SMILES string of the molecule is Cc1c(C#N)cncc1-c1ccncc1. The van der Waals surface area contributed by atoms with Crippen molar-refractivity contribution in [2.24, 2.45) is 0 Å². The van der Waals surface area contributed by atoms with Gasteiger partial charge in [-0.25, -0.2) is 0 Å². The van der Waals surface area contributed by atoms with Crippen LogP contribution in [0.1, 0.15) is 11.1 Å². The van der Waals surface area contributed by atoms with Crippen LogP contribution in [0.15, 0.2) is 36.9 Å². The van der Waals surface area contributed by atoms with Gasteiger partial charge in [0.1, 0.15) is 6.07 Å². The minimum atomic E-state index is 0.615. The molecule has 3 nitrogen and oxygen atoms in total. The van der Waals surface area contributed by atoms with Crippen LogP contribution >= 0.6 is 0 Å². The second kappa shape index (κ2) is 3.89. The lowest BCUT2D eigenvalue weighted by molar-refractivity contribution is 1.25. The highest BCUT2D eigenvalue weighted by atomic mass is 14.6. The molecule has 0 radical (unpaired) electrons. The van der Waals surface area contributed by atoms with E-state index in [1.807, 2.05) is 19.1 Å². The van der Waals surface area contributed by atoms with E-state index in [0.29, 0.717) is 5.56 Å². The summed E-state index contributed by atoms with van der Waals surface area (Å²) in [6.07, 6.45) is 6.81. The van der Waals surface area contributed by atoms with E-state index in [1.54, 1.807) is 24.8 Å². The van der Waals surface area contributed by atoms with Crippen LogP contribution in [0.3, 0.4) is 0 Å². The number of aromatic nitrogens is 2. The third kappa shape index (κ3) is 1.70. The Morgan fingerprint density at radius 1 is 1.13 bits per heavy atom. The number of pyridine rings is 2. The molecule has 0 aliphatic carbocycles. The van der Waals surface area contributed by atoms with E-state index in [2.05, 4.69) is 16.0 Å². The van der Waals surface area contributed by atoms with Crippen molar-refractivity contribution in [1.82, 2.24) is 9.97 Å². The van der Waals surface area contributed by atoms with Gasteiger partial charge >= 0.3 is 0 Å². The highest BCUT2D eigenvalue weighted by Gasteiger charge is 2.05. The summed E-state index contributed by atoms with van der Waals surface area (Å²) in [7, 11) is 0. The molecule has 15 heavy (non-hydrogen) atoms. The van der Waals surface area contributed by atoms with Gasteiger partial charge in [-0.05, 0) is 30.2 Å². The summed E-state index contributed by atoms with van der Waals surface area (Å²) >= 11 is 0. The van der Waals surface area contributed by atoms with E-state index in [9.17, 15) is 0 Å². The predicted octanol–water partition coefficient (Wildman–Crippen LogP) is 2.32. The van der Waals surface area contributed by atoms with E-state index < -0.39 is 0 Å². The third-order valence-corrected chi connectivity index (χ3v) is 2.33. The zero-order chi connectivity index (χ0) is 10.7. The first-order chi connectivity index (χ1) is 7.33. The van der Waals surface area contributed by atoms with Crippen molar-refractivity contribution in [3.8, 4) is 17.2 Å². The first kappa shape index (κ1) is 9.35. The molecule has 0 aromatic carbocycles. The fourth-order valence-corrected chi connectivity index (χ4v) is 1.46. The molecule has 0 spiro atoms. The Labute approximate surface area is 88.1 Å². The lowest BCUT2D eigenvalue weighted by atomic mass is 10.0. The molecule has 2 aromatic rings. The molecule has 3 heteroatoms. The van der Waals surface area contributed by atoms with Crippen molar-refractivity contribution in [2.45, 2.75) is 6.92 Å². The molecule has 72 valence electrons. The lowest BCUT2D eigenvalue weighted by Crippen LogP contribution is -1.90. The van der Waals surface area contributed by atoms with Crippen LogP contribution in [-0.4, -0.2) is 9.97 Å². The Morgan fingerprint density at radius 2 is 1.87 bits per heavy atom. The second-order valence-corrected chi connectivity index (χ2v) is 3.21. The number of hydrogen-bond donors (Lipinski definition) is 0. The Bertz CT molecular complexity index is 512. The summed E-state index contributed by atoms with van der Waals surface area (Å²) < 4.78 is 0. The topological polar surface area (TPSA) is 49.6 Å². The molecule has 0 N–H and O–H groups in total. The average molecular weight is 195 g/mol. The van der Waals surface area contributed by atoms with Crippen LogP contribution in [0.25, 0.3) is 11.1 Å². The minimum absolute atomic E-state index is 0.615. The minimum Gasteiger partial charge on any atom is -0.265 e. The predicted molar refractivity (Wildman–Crippen MR) is 56.9 cm³/mol. The first-order valence-corrected chi connectivity index (χ1v) is 4.58. The number of nitriles is 1. The normalized spacial score (nSPS) is 9.60. The van der Waals surface area contributed by atoms with Gasteiger partial charge in [0.15, 0.2) is 0 Å². The maximum absolute atomic E-state index is 8.89. The molecule has 0 saturated carbocycles. The van der Waals surface area contributed by atoms with Gasteiger partial charge in [-0.3, -0.25) is 9.97 Å². The average Bonchev–Trinajstić information content (AvgIpc) is 2.30. The van der Waals surface area contributed by atoms with Crippen LogP contribution in [0, 0.1) is 18.3 Å². The van der Waals surface area contributed by atoms with Crippen LogP contribution in [0.4, 0.5) is 0 Å². The fraction of sp³-hybridized carbons (Fsp3) is 0.0833. The first-order valence-electron chi connectivity index (χ1n) is 4.58. The van der Waals surface area contributed by atoms with E-state index in [4.69, 9.17) is 5.26 Å². The molecule has 2 heterocycles. The summed E-state index contributed by atoms with van der Waals surface area (Å²) in [5.74, 6) is 0. The number of hydrogen-bond acceptors (Lipinski definition) is 3. The van der Waals surface area contributed by atoms with Gasteiger partial charge in [0.05, 0.1) is 5.56 Å². The van der Waals surface area contributed by atoms with Crippen molar-refractivity contribution < 1.29 is 0 Å². The fourth-order valence-electron chi connectivity index (χ4n) is 1.46. The Hall–Kier alpha value is -2.21. The van der Waals surface area contributed by atoms with Crippen molar-refractivity contribution in [3.63, 3.8) is 0 Å². The van der Waals surface area contributed by atoms with Crippen molar-refractivity contribution in [3.05, 3.63) is 48.0 Å². The third-order valence-electron chi connectivity index (χ3n) is 2.33. The summed E-state index contributed by atoms with van der Waals surface area (Å²) in [5, 5.41) is 8.89. The van der Waals surface area contributed by atoms with E-state index >= 15 is 0 Å². The van der Waals surface area contributed by atoms with Gasteiger partial charge in [0.2, 0.25) is 0 Å². The largest absolute Gasteiger partial charge is 0.265 e. The molecule has 0 unspecified atom stereocenters. The highest BCUT2D eigenvalue weighted by Crippen LogP contribution is 2.23. The van der Waals surface area contributed by atoms with Crippen LogP contribution in [0.2, 0.25) is 0 Å². The highest BCUT2D eigenvalue weighted by molar-refractivity contribution is 5.67. The van der Waals surface area contributed by atoms with Crippen molar-refractivity contribution in [2.75, 3.05) is 0 Å². The molecule has 2 aromatic heterocycles. The standard InChI is InChI=1S/C12H9N3/c1-9-11(6-13)7-15-8-12(9)10-2-4-14-5-3-10/h2-5,7-8H,1H3. The zero-order valence-electron chi connectivity index (χ0n) is 8.31. The van der Waals surface area contributed by atoms with Gasteiger partial charge in [0, 0.05) is 30.4 Å². The summed E-state index contributed by atoms with van der Waals surface area (Å²) in [5.41, 5.74) is 3.59. The molecular formula is C12H9N3. The molecule has 0 atom stereocenters. The molecule has 0 aliphatic rings. The summed E-state index contributed by atoms with van der Waals surface area (Å²) in [6, 6.07) is 5.94. The van der Waals surface area contributed by atoms with Gasteiger partial charge in [-0.15, -0.1) is 0 Å². The molecule has 0 bridgehead atoms. The number of rotatable bonds is 1. The van der Waals surface area contributed by atoms with Crippen LogP contribution < -0.4 is 0 Å². The van der Waals surface area contributed by atoms with Crippen molar-refractivity contribution >= 4 is 0 Å². The van der Waals surface area contributed by atoms with Gasteiger partial charge in [0.25, 0.3) is 0 Å². The van der Waals surface area contributed by atoms with Crippen molar-refractivity contribution in [1.29, 1.82) is 5.26 Å². The molecule has 2 rings (SSSR count). The second-order valence-electron chi connectivity index (χ2n) is 3.21. The van der Waals surface area contributed by atoms with Gasteiger partial charge < -0.3 is 0 Å². The number of nitrogens with zero attached hydrogens (tertiary/aromatic N) is 3. The van der Waals surface area contributed by atoms with Gasteiger partial charge in [-0.2, -0.15) is 5.26 Å². The zero-order valence-corrected chi connectivity index (χ0v) is 8.31. The summed E-state index contributed by atoms with van der Waals surface area (Å²) in [4.78, 5) is 8.01. The smallest absolute Gasteiger partial charge is 0.101 e. The summed E-state index contributed by atoms with van der Waals surface area (Å²) in [6.45, 7) is 1.93. The van der Waals surface area contributed by atoms with E-state index in [1.165, 1.54) is 0 Å². The van der Waals surface area contributed by atoms with Gasteiger partial charge in [-0.1, -0.05) is 0 Å². The van der Waals surface area contributed by atoms with Crippen LogP contribution in [-0.2, 0) is 0 Å². The molecular weight excluding hydrogens is 186 g/mol. The monoisotopic (exact) mass is 195 g/mol. The quantitative estimate of drug-likeness (QED) is 0.701. The Kier molecular flexibility index (Phi) is 2.42. The maximum Gasteiger partial charge on any atom is 0.101 e. The molecule has 0 aliphatic heterocycles. The van der Waals surface area contributed by atoms with E-state index in [0.717, 1.165) is 16.7 Å². The molecule has 0 fully saturated rings. The van der Waals surface area contributed by atoms with Crippen LogP contribution in [0.5, 0.6) is 0 Å². The maximum atomic E-state index is 8.89.